The lowest BCUT2D eigenvalue weighted by Gasteiger charge is -2.28. The number of likely N-dealkylation sites (N-methyl/N-ethyl adjacent to an activating group) is 1. The molecule has 8 amide bonds. The monoisotopic (exact) mass is 1170 g/mol. The molecule has 0 bridgehead atoms. The molecule has 0 fully saturated rings. The van der Waals surface area contributed by atoms with Crippen molar-refractivity contribution in [1.82, 2.24) is 58.5 Å². The van der Waals surface area contributed by atoms with E-state index in [9.17, 15) is 58.5 Å². The van der Waals surface area contributed by atoms with Gasteiger partial charge in [0.25, 0.3) is 0 Å². The highest BCUT2D eigenvalue weighted by atomic mass is 16.4. The first-order valence-electron chi connectivity index (χ1n) is 28.8. The Bertz CT molecular complexity index is 1970. The Morgan fingerprint density at radius 2 is 0.695 bits per heavy atom. The van der Waals surface area contributed by atoms with Crippen LogP contribution >= 0.6 is 0 Å². The normalized spacial score (nSPS) is 13.4. The summed E-state index contributed by atoms with van der Waals surface area (Å²) >= 11 is 0. The van der Waals surface area contributed by atoms with Gasteiger partial charge in [0, 0.05) is 39.5 Å². The summed E-state index contributed by atoms with van der Waals surface area (Å²) in [5.74, 6) is -9.33. The Hall–Kier alpha value is -7.08. The largest absolute Gasteiger partial charge is 0.481 e. The van der Waals surface area contributed by atoms with Gasteiger partial charge in [0.1, 0.15) is 42.3 Å². The van der Waals surface area contributed by atoms with E-state index in [-0.39, 0.29) is 89.5 Å². The first-order valence-corrected chi connectivity index (χ1v) is 28.8. The van der Waals surface area contributed by atoms with Crippen molar-refractivity contribution in [2.24, 2.45) is 22.9 Å². The minimum absolute atomic E-state index is 0.0200. The van der Waals surface area contributed by atoms with Gasteiger partial charge in [-0.3, -0.25) is 59.4 Å². The molecule has 470 valence electrons. The lowest BCUT2D eigenvalue weighted by Crippen LogP contribution is -2.60. The van der Waals surface area contributed by atoms with Gasteiger partial charge in [-0.2, -0.15) is 0 Å². The molecule has 0 spiro atoms. The maximum absolute atomic E-state index is 14.2. The highest BCUT2D eigenvalue weighted by Gasteiger charge is 2.34. The lowest BCUT2D eigenvalue weighted by atomic mass is 10.0. The van der Waals surface area contributed by atoms with Gasteiger partial charge >= 0.3 is 5.97 Å². The molecule has 30 heteroatoms. The summed E-state index contributed by atoms with van der Waals surface area (Å²) in [6, 6.07) is -10.3. The summed E-state index contributed by atoms with van der Waals surface area (Å²) in [6.45, 7) is 0.882. The van der Waals surface area contributed by atoms with Crippen LogP contribution in [0.25, 0.3) is 0 Å². The average molecular weight is 1170 g/mol. The van der Waals surface area contributed by atoms with E-state index < -0.39 is 128 Å². The van der Waals surface area contributed by atoms with Gasteiger partial charge in [-0.25, -0.2) is 0 Å². The smallest absolute Gasteiger partial charge is 0.303 e. The molecule has 0 aromatic rings. The van der Waals surface area contributed by atoms with E-state index in [1.54, 1.807) is 0 Å². The van der Waals surface area contributed by atoms with Crippen LogP contribution in [0.2, 0.25) is 0 Å². The first kappa shape index (κ1) is 74.9. The Labute approximate surface area is 482 Å². The predicted molar refractivity (Wildman–Crippen MR) is 309 cm³/mol. The van der Waals surface area contributed by atoms with Gasteiger partial charge in [-0.05, 0) is 77.2 Å². The number of hydrogen-bond acceptors (Lipinski definition) is 15. The number of nitrogens with two attached hydrogens (primary N) is 4. The van der Waals surface area contributed by atoms with Crippen LogP contribution in [0.1, 0.15) is 167 Å². The maximum atomic E-state index is 14.2. The molecule has 0 unspecified atom stereocenters. The number of carboxylic acids is 1. The van der Waals surface area contributed by atoms with Crippen molar-refractivity contribution in [1.29, 1.82) is 16.2 Å². The van der Waals surface area contributed by atoms with Gasteiger partial charge in [-0.1, -0.05) is 84.0 Å². The molecule has 0 saturated heterocycles. The molecule has 0 saturated carbocycles. The van der Waals surface area contributed by atoms with Gasteiger partial charge < -0.3 is 96.7 Å². The van der Waals surface area contributed by atoms with Crippen molar-refractivity contribution < 1.29 is 58.5 Å². The third-order valence-electron chi connectivity index (χ3n) is 13.1. The van der Waals surface area contributed by atoms with E-state index in [1.807, 2.05) is 0 Å². The Morgan fingerprint density at radius 3 is 1.02 bits per heavy atom. The van der Waals surface area contributed by atoms with Crippen molar-refractivity contribution in [2.45, 2.75) is 210 Å². The molecule has 30 nitrogen and oxygen atoms in total. The fourth-order valence-corrected chi connectivity index (χ4v) is 8.46. The Morgan fingerprint density at radius 1 is 0.390 bits per heavy atom. The molecule has 0 aliphatic rings. The fourth-order valence-electron chi connectivity index (χ4n) is 8.46. The molecular formula is C52H100N18O12. The highest BCUT2D eigenvalue weighted by Crippen LogP contribution is 2.14. The molecule has 0 aromatic heterocycles. The minimum Gasteiger partial charge on any atom is -0.481 e. The van der Waals surface area contributed by atoms with Gasteiger partial charge in [0.05, 0.1) is 13.2 Å². The van der Waals surface area contributed by atoms with Crippen LogP contribution in [0.4, 0.5) is 0 Å². The summed E-state index contributed by atoms with van der Waals surface area (Å²) in [5.41, 5.74) is 21.9. The van der Waals surface area contributed by atoms with Crippen molar-refractivity contribution in [3.8, 4) is 0 Å². The van der Waals surface area contributed by atoms with E-state index in [1.165, 1.54) is 58.4 Å². The van der Waals surface area contributed by atoms with E-state index in [0.717, 1.165) is 25.7 Å². The molecule has 7 atom stereocenters. The molecular weight excluding hydrogens is 1070 g/mol. The van der Waals surface area contributed by atoms with Crippen molar-refractivity contribution in [3.63, 3.8) is 0 Å². The highest BCUT2D eigenvalue weighted by molar-refractivity contribution is 5.98. The van der Waals surface area contributed by atoms with Gasteiger partial charge in [0.15, 0.2) is 17.9 Å². The second-order valence-corrected chi connectivity index (χ2v) is 20.1. The zero-order chi connectivity index (χ0) is 61.7. The summed E-state index contributed by atoms with van der Waals surface area (Å²) in [6.07, 6.45) is 14.3. The van der Waals surface area contributed by atoms with E-state index >= 15 is 0 Å². The number of nitrogens with one attached hydrogen (secondary N) is 14. The van der Waals surface area contributed by atoms with E-state index in [4.69, 9.17) is 39.2 Å². The molecule has 0 aliphatic heterocycles. The topological polar surface area (TPSA) is 522 Å². The van der Waals surface area contributed by atoms with Crippen LogP contribution in [0.5, 0.6) is 0 Å². The third-order valence-corrected chi connectivity index (χ3v) is 13.1. The molecule has 0 heterocycles. The van der Waals surface area contributed by atoms with Crippen LogP contribution in [0.15, 0.2) is 0 Å². The predicted octanol–water partition coefficient (Wildman–Crippen LogP) is -2.62. The second-order valence-electron chi connectivity index (χ2n) is 20.1. The van der Waals surface area contributed by atoms with E-state index in [2.05, 4.69) is 65.4 Å². The summed E-state index contributed by atoms with van der Waals surface area (Å²) in [5, 5.41) is 79.8. The summed E-state index contributed by atoms with van der Waals surface area (Å²) in [4.78, 5) is 121. The van der Waals surface area contributed by atoms with Crippen molar-refractivity contribution in [2.75, 3.05) is 46.4 Å². The van der Waals surface area contributed by atoms with Crippen molar-refractivity contribution in [3.05, 3.63) is 0 Å². The zero-order valence-corrected chi connectivity index (χ0v) is 48.3. The van der Waals surface area contributed by atoms with E-state index in [0.29, 0.717) is 19.3 Å². The molecule has 25 N–H and O–H groups in total. The lowest BCUT2D eigenvalue weighted by molar-refractivity contribution is -0.139. The number of rotatable bonds is 49. The van der Waals surface area contributed by atoms with Gasteiger partial charge in [0.2, 0.25) is 47.3 Å². The summed E-state index contributed by atoms with van der Waals surface area (Å²) < 4.78 is 0. The van der Waals surface area contributed by atoms with Gasteiger partial charge in [-0.15, -0.1) is 0 Å². The fraction of sp³-hybridized carbons (Fsp3) is 0.769. The number of carboxylic acid groups (broad SMARTS) is 1. The van der Waals surface area contributed by atoms with Crippen LogP contribution < -0.4 is 81.4 Å². The number of amides is 8. The van der Waals surface area contributed by atoms with Crippen LogP contribution in [0.3, 0.4) is 0 Å². The number of carbonyl (C=O) groups is 9. The standard InChI is InChI=1S/C52H100N18O12/c1-3-4-5-6-7-8-9-10-11-12-13-14-15-25-41(73)64-39(32-71)48(81)70-40(33-72)49(82)68-37(24-20-31-63-52(58)59)46(79)69-38(26-27-42(74)75)47(80)66-35(21-16-17-28-53)44(77)67-36(23-19-30-62-51(56)57)45(78)65-34(43(76)60-2)22-18-29-61-50(54)55/h34-40,71-72H,3-33,53H2,1-2H3,(H,60,76)(H,64,73)(H,65,78)(H,66,80)(H,67,77)(H,68,82)(H,69,79)(H,70,81)(H,74,75)(H4,54,55,61)(H4,56,57,62)(H4,58,59,63)/t34-,35-,36-,37-,38-,39-,40-/m0/s1. The molecule has 0 radical (unpaired) electrons. The molecule has 0 rings (SSSR count). The number of guanidine groups is 3. The van der Waals surface area contributed by atoms with Crippen LogP contribution in [-0.2, 0) is 43.2 Å². The molecule has 0 aliphatic carbocycles. The Balaban J connectivity index is 6.32. The Kier molecular flexibility index (Phi) is 42.5. The number of hydrogen-bond donors (Lipinski definition) is 21. The minimum atomic E-state index is -1.73. The first-order chi connectivity index (χ1) is 39.1. The number of aliphatic hydroxyl groups is 2. The zero-order valence-electron chi connectivity index (χ0n) is 48.3. The number of carbonyl (C=O) groups excluding carboxylic acids is 8. The number of unbranched alkanes of at least 4 members (excludes halogenated alkanes) is 13. The second kappa shape index (κ2) is 46.5. The number of aliphatic carboxylic acids is 1. The molecule has 0 aromatic carbocycles. The molecule has 82 heavy (non-hydrogen) atoms. The quantitative estimate of drug-likeness (QED) is 0.0168. The van der Waals surface area contributed by atoms with Crippen molar-refractivity contribution >= 4 is 71.1 Å². The third kappa shape index (κ3) is 37.0. The van der Waals surface area contributed by atoms with Crippen LogP contribution in [0, 0.1) is 16.2 Å². The SMILES string of the molecule is CCCCCCCCCCCCCCCC(=O)N[C@@H](CO)C(=O)N[C@@H](CO)C(=O)N[C@@H](CCCNC(=N)N)C(=O)N[C@@H](CCC(=O)O)C(=O)N[C@@H](CCCCN)C(=O)N[C@@H](CCCNC(=N)N)C(=O)N[C@@H](CCCNC(=N)N)C(=O)NC. The summed E-state index contributed by atoms with van der Waals surface area (Å²) in [7, 11) is 1.36. The average Bonchev–Trinajstić information content (AvgIpc) is 3.49. The maximum Gasteiger partial charge on any atom is 0.303 e. The van der Waals surface area contributed by atoms with Crippen LogP contribution in [-0.4, -0.2) is 175 Å². The number of aliphatic hydroxyl groups excluding tert-OH is 2.